The maximum absolute atomic E-state index is 5.23. The molecule has 0 aliphatic heterocycles. The molecular weight excluding hydrogens is 338 g/mol. The maximum atomic E-state index is 5.23. The molecule has 22 heavy (non-hydrogen) atoms. The first-order valence-electron chi connectivity index (χ1n) is 7.50. The van der Waals surface area contributed by atoms with Crippen LogP contribution in [0.15, 0.2) is 53.1 Å². The lowest BCUT2D eigenvalue weighted by atomic mass is 10.0. The highest BCUT2D eigenvalue weighted by atomic mass is 79.9. The van der Waals surface area contributed by atoms with Gasteiger partial charge in [0, 0.05) is 28.1 Å². The number of halogens is 1. The highest BCUT2D eigenvalue weighted by Gasteiger charge is 2.13. The van der Waals surface area contributed by atoms with Gasteiger partial charge in [-0.3, -0.25) is 0 Å². The summed E-state index contributed by atoms with van der Waals surface area (Å²) in [5, 5.41) is 1.33. The van der Waals surface area contributed by atoms with Crippen LogP contribution in [0.3, 0.4) is 0 Å². The van der Waals surface area contributed by atoms with Crippen molar-refractivity contribution in [3.05, 3.63) is 64.3 Å². The Labute approximate surface area is 139 Å². The summed E-state index contributed by atoms with van der Waals surface area (Å²) < 4.78 is 8.73. The highest BCUT2D eigenvalue weighted by molar-refractivity contribution is 9.10. The quantitative estimate of drug-likeness (QED) is 0.594. The number of rotatable bonds is 4. The monoisotopic (exact) mass is 357 g/mol. The molecule has 3 rings (SSSR count). The lowest BCUT2D eigenvalue weighted by Crippen LogP contribution is -1.98. The predicted molar refractivity (Wildman–Crippen MR) is 95.8 cm³/mol. The van der Waals surface area contributed by atoms with Crippen molar-refractivity contribution in [3.63, 3.8) is 0 Å². The van der Waals surface area contributed by atoms with E-state index in [0.717, 1.165) is 12.3 Å². The van der Waals surface area contributed by atoms with Crippen LogP contribution in [0.2, 0.25) is 0 Å². The molecule has 0 spiro atoms. The van der Waals surface area contributed by atoms with Gasteiger partial charge in [-0.1, -0.05) is 48.0 Å². The summed E-state index contributed by atoms with van der Waals surface area (Å²) in [5.41, 5.74) is 3.93. The van der Waals surface area contributed by atoms with E-state index in [1.54, 1.807) is 7.11 Å². The van der Waals surface area contributed by atoms with E-state index in [1.165, 1.54) is 26.5 Å². The molecule has 2 nitrogen and oxygen atoms in total. The van der Waals surface area contributed by atoms with Crippen LogP contribution in [-0.2, 0) is 6.54 Å². The maximum Gasteiger partial charge on any atom is 0.118 e. The molecule has 0 amide bonds. The normalized spacial score (nSPS) is 11.3. The van der Waals surface area contributed by atoms with Gasteiger partial charge >= 0.3 is 0 Å². The number of hydrogen-bond donors (Lipinski definition) is 0. The minimum Gasteiger partial charge on any atom is -0.497 e. The molecule has 1 aromatic heterocycles. The van der Waals surface area contributed by atoms with Gasteiger partial charge in [0.2, 0.25) is 0 Å². The van der Waals surface area contributed by atoms with E-state index in [4.69, 9.17) is 4.74 Å². The fourth-order valence-electron chi connectivity index (χ4n) is 2.84. The number of benzene rings is 2. The van der Waals surface area contributed by atoms with Crippen LogP contribution in [0.4, 0.5) is 0 Å². The minimum absolute atomic E-state index is 0.498. The number of hydrogen-bond acceptors (Lipinski definition) is 1. The van der Waals surface area contributed by atoms with Crippen LogP contribution in [0.1, 0.15) is 30.9 Å². The van der Waals surface area contributed by atoms with Gasteiger partial charge < -0.3 is 9.30 Å². The van der Waals surface area contributed by atoms with E-state index in [2.05, 4.69) is 70.9 Å². The zero-order chi connectivity index (χ0) is 15.7. The lowest BCUT2D eigenvalue weighted by Gasteiger charge is -2.07. The van der Waals surface area contributed by atoms with Crippen LogP contribution in [0.25, 0.3) is 10.9 Å². The predicted octanol–water partition coefficient (Wildman–Crippen LogP) is 5.58. The fraction of sp³-hybridized carbons (Fsp3) is 0.263. The average molecular weight is 358 g/mol. The zero-order valence-corrected chi connectivity index (χ0v) is 14.7. The Bertz CT molecular complexity index is 787. The van der Waals surface area contributed by atoms with Gasteiger partial charge in [0.15, 0.2) is 0 Å². The molecule has 0 aliphatic carbocycles. The second-order valence-electron chi connectivity index (χ2n) is 5.85. The molecule has 114 valence electrons. The highest BCUT2D eigenvalue weighted by Crippen LogP contribution is 2.33. The summed E-state index contributed by atoms with van der Waals surface area (Å²) in [6, 6.07) is 14.7. The number of fused-ring (bicyclic) bond motifs is 1. The third-order valence-corrected chi connectivity index (χ3v) is 4.68. The molecule has 0 fully saturated rings. The van der Waals surface area contributed by atoms with Crippen molar-refractivity contribution >= 4 is 26.8 Å². The van der Waals surface area contributed by atoms with Crippen LogP contribution in [0.5, 0.6) is 5.75 Å². The molecular formula is C19H20BrNO. The summed E-state index contributed by atoms with van der Waals surface area (Å²) in [5.74, 6) is 1.39. The Morgan fingerprint density at radius 2 is 1.82 bits per heavy atom. The van der Waals surface area contributed by atoms with E-state index in [1.807, 2.05) is 12.1 Å². The molecule has 1 heterocycles. The van der Waals surface area contributed by atoms with Crippen LogP contribution < -0.4 is 4.74 Å². The van der Waals surface area contributed by atoms with Crippen molar-refractivity contribution in [2.75, 3.05) is 7.11 Å². The number of methoxy groups -OCH3 is 1. The van der Waals surface area contributed by atoms with Gasteiger partial charge in [-0.25, -0.2) is 0 Å². The molecule has 0 atom stereocenters. The van der Waals surface area contributed by atoms with Gasteiger partial charge in [-0.2, -0.15) is 0 Å². The summed E-state index contributed by atoms with van der Waals surface area (Å²) in [6.07, 6.45) is 2.28. The van der Waals surface area contributed by atoms with E-state index in [9.17, 15) is 0 Å². The number of nitrogens with zero attached hydrogens (tertiary/aromatic N) is 1. The van der Waals surface area contributed by atoms with Gasteiger partial charge in [0.1, 0.15) is 5.75 Å². The first kappa shape index (κ1) is 15.2. The number of aromatic nitrogens is 1. The van der Waals surface area contributed by atoms with E-state index in [-0.39, 0.29) is 0 Å². The Hall–Kier alpha value is -1.74. The molecule has 3 heteroatoms. The first-order chi connectivity index (χ1) is 10.6. The third kappa shape index (κ3) is 2.78. The molecule has 0 N–H and O–H groups in total. The van der Waals surface area contributed by atoms with Crippen molar-refractivity contribution < 1.29 is 4.74 Å². The Balaban J connectivity index is 2.05. The van der Waals surface area contributed by atoms with Crippen molar-refractivity contribution in [2.24, 2.45) is 0 Å². The van der Waals surface area contributed by atoms with Crippen LogP contribution >= 0.6 is 15.9 Å². The summed E-state index contributed by atoms with van der Waals surface area (Å²) >= 11 is 3.70. The van der Waals surface area contributed by atoms with Crippen molar-refractivity contribution in [1.29, 1.82) is 0 Å². The molecule has 0 saturated carbocycles. The van der Waals surface area contributed by atoms with Crippen molar-refractivity contribution in [3.8, 4) is 5.75 Å². The summed E-state index contributed by atoms with van der Waals surface area (Å²) in [7, 11) is 1.70. The Kier molecular flexibility index (Phi) is 4.25. The topological polar surface area (TPSA) is 14.2 Å². The van der Waals surface area contributed by atoms with Crippen molar-refractivity contribution in [2.45, 2.75) is 26.3 Å². The second kappa shape index (κ2) is 6.17. The Morgan fingerprint density at radius 1 is 1.09 bits per heavy atom. The van der Waals surface area contributed by atoms with Crippen LogP contribution in [0, 0.1) is 0 Å². The molecule has 3 aromatic rings. The molecule has 0 bridgehead atoms. The molecule has 0 saturated heterocycles. The largest absolute Gasteiger partial charge is 0.497 e. The molecule has 0 unspecified atom stereocenters. The van der Waals surface area contributed by atoms with E-state index >= 15 is 0 Å². The standard InChI is InChI=1S/C19H20BrNO/c1-13(2)16-12-21(18-6-4-5-17(20)19(16)18)11-14-7-9-15(22-3)10-8-14/h4-10,12-13H,11H2,1-3H3. The SMILES string of the molecule is COc1ccc(Cn2cc(C(C)C)c3c(Br)cccc32)cc1. The Morgan fingerprint density at radius 3 is 2.45 bits per heavy atom. The fourth-order valence-corrected chi connectivity index (χ4v) is 3.42. The van der Waals surface area contributed by atoms with Crippen molar-refractivity contribution in [1.82, 2.24) is 4.57 Å². The summed E-state index contributed by atoms with van der Waals surface area (Å²) in [4.78, 5) is 0. The molecule has 2 aromatic carbocycles. The lowest BCUT2D eigenvalue weighted by molar-refractivity contribution is 0.414. The smallest absolute Gasteiger partial charge is 0.118 e. The number of ether oxygens (including phenoxy) is 1. The van der Waals surface area contributed by atoms with Crippen LogP contribution in [-0.4, -0.2) is 11.7 Å². The second-order valence-corrected chi connectivity index (χ2v) is 6.70. The zero-order valence-electron chi connectivity index (χ0n) is 13.1. The van der Waals surface area contributed by atoms with E-state index < -0.39 is 0 Å². The molecule has 0 aliphatic rings. The van der Waals surface area contributed by atoms with Gasteiger partial charge in [-0.15, -0.1) is 0 Å². The van der Waals surface area contributed by atoms with Gasteiger partial charge in [0.25, 0.3) is 0 Å². The summed E-state index contributed by atoms with van der Waals surface area (Å²) in [6.45, 7) is 5.35. The minimum atomic E-state index is 0.498. The van der Waals surface area contributed by atoms with E-state index in [0.29, 0.717) is 5.92 Å². The third-order valence-electron chi connectivity index (χ3n) is 4.02. The first-order valence-corrected chi connectivity index (χ1v) is 8.29. The van der Waals surface area contributed by atoms with Gasteiger partial charge in [-0.05, 0) is 41.3 Å². The average Bonchev–Trinajstić information content (AvgIpc) is 2.89. The molecule has 0 radical (unpaired) electrons. The van der Waals surface area contributed by atoms with Gasteiger partial charge in [0.05, 0.1) is 7.11 Å².